The van der Waals surface area contributed by atoms with Crippen LogP contribution in [0, 0.1) is 18.6 Å². The molecule has 2 aromatic rings. The molecule has 0 atom stereocenters. The van der Waals surface area contributed by atoms with E-state index in [9.17, 15) is 13.6 Å². The molecule has 4 N–H and O–H groups in total. The van der Waals surface area contributed by atoms with Gasteiger partial charge in [-0.2, -0.15) is 4.99 Å². The predicted octanol–water partition coefficient (Wildman–Crippen LogP) is 3.33. The van der Waals surface area contributed by atoms with Crippen LogP contribution in [0.4, 0.5) is 13.6 Å². The minimum Gasteiger partial charge on any atom is -0.370 e. The summed E-state index contributed by atoms with van der Waals surface area (Å²) in [5.41, 5.74) is 13.6. The van der Waals surface area contributed by atoms with Crippen LogP contribution in [-0.4, -0.2) is 23.4 Å². The second kappa shape index (κ2) is 7.51. The molecule has 0 unspecified atom stereocenters. The molecule has 138 valence electrons. The molecule has 0 spiro atoms. The Morgan fingerprint density at radius 1 is 1.12 bits per heavy atom. The minimum absolute atomic E-state index is 0. The van der Waals surface area contributed by atoms with E-state index >= 15 is 0 Å². The molecule has 2 aromatic carbocycles. The summed E-state index contributed by atoms with van der Waals surface area (Å²) < 4.78 is 28.5. The number of rotatable bonds is 1. The van der Waals surface area contributed by atoms with Gasteiger partial charge in [0.1, 0.15) is 11.6 Å². The van der Waals surface area contributed by atoms with E-state index in [2.05, 4.69) is 4.99 Å². The number of amides is 2. The van der Waals surface area contributed by atoms with Gasteiger partial charge in [-0.1, -0.05) is 25.6 Å². The molecule has 0 fully saturated rings. The summed E-state index contributed by atoms with van der Waals surface area (Å²) in [6.45, 7) is 2.57. The third-order valence-corrected chi connectivity index (χ3v) is 4.37. The lowest BCUT2D eigenvalue weighted by atomic mass is 9.88. The standard InChI is InChI=1S/C18H18F2N4O.CH4/c1-10-5-6-12(16-14(19)3-2-4-15(16)20)13-9-24(8-7-11(10)13)18(25)23-17(21)22;/h2-6H,7-9H2,1H3,(H4,21,22,23,25);1H4. The normalized spacial score (nSPS) is 12.8. The molecule has 0 saturated carbocycles. The lowest BCUT2D eigenvalue weighted by Gasteiger charge is -2.30. The minimum atomic E-state index is -0.640. The monoisotopic (exact) mass is 360 g/mol. The summed E-state index contributed by atoms with van der Waals surface area (Å²) in [7, 11) is 0. The van der Waals surface area contributed by atoms with Crippen LogP contribution < -0.4 is 11.5 Å². The number of carbonyl (C=O) groups is 1. The molecule has 0 bridgehead atoms. The van der Waals surface area contributed by atoms with Crippen LogP contribution in [0.25, 0.3) is 11.1 Å². The number of aryl methyl sites for hydroxylation is 1. The number of nitrogens with two attached hydrogens (primary N) is 2. The Labute approximate surface area is 151 Å². The molecule has 26 heavy (non-hydrogen) atoms. The second-order valence-electron chi connectivity index (χ2n) is 5.97. The fourth-order valence-corrected chi connectivity index (χ4v) is 3.19. The summed E-state index contributed by atoms with van der Waals surface area (Å²) in [4.78, 5) is 17.1. The summed E-state index contributed by atoms with van der Waals surface area (Å²) in [6.07, 6.45) is 0.566. The number of benzene rings is 2. The van der Waals surface area contributed by atoms with Crippen molar-refractivity contribution in [2.45, 2.75) is 27.3 Å². The molecule has 1 aliphatic heterocycles. The molecule has 0 saturated heterocycles. The Bertz CT molecular complexity index is 856. The van der Waals surface area contributed by atoms with Gasteiger partial charge in [0, 0.05) is 13.1 Å². The van der Waals surface area contributed by atoms with E-state index in [1.54, 1.807) is 6.07 Å². The molecular formula is C19H22F2N4O. The average Bonchev–Trinajstić information content (AvgIpc) is 2.55. The molecule has 7 heteroatoms. The van der Waals surface area contributed by atoms with Gasteiger partial charge >= 0.3 is 6.03 Å². The van der Waals surface area contributed by atoms with Crippen LogP contribution in [0.2, 0.25) is 0 Å². The first-order chi connectivity index (χ1) is 11.9. The zero-order chi connectivity index (χ0) is 18.1. The van der Waals surface area contributed by atoms with Gasteiger partial charge in [-0.3, -0.25) is 0 Å². The lowest BCUT2D eigenvalue weighted by Crippen LogP contribution is -2.37. The van der Waals surface area contributed by atoms with Crippen molar-refractivity contribution in [3.8, 4) is 11.1 Å². The lowest BCUT2D eigenvalue weighted by molar-refractivity contribution is 0.202. The van der Waals surface area contributed by atoms with Crippen molar-refractivity contribution in [1.82, 2.24) is 4.90 Å². The average molecular weight is 360 g/mol. The number of nitrogens with zero attached hydrogens (tertiary/aromatic N) is 2. The third-order valence-electron chi connectivity index (χ3n) is 4.37. The highest BCUT2D eigenvalue weighted by molar-refractivity contribution is 5.90. The molecule has 1 aliphatic rings. The van der Waals surface area contributed by atoms with Gasteiger partial charge in [-0.25, -0.2) is 13.6 Å². The number of guanidine groups is 1. The van der Waals surface area contributed by atoms with E-state index in [0.717, 1.165) is 16.7 Å². The smallest absolute Gasteiger partial charge is 0.347 e. The first-order valence-corrected chi connectivity index (χ1v) is 7.82. The maximum atomic E-state index is 14.3. The highest BCUT2D eigenvalue weighted by atomic mass is 19.1. The number of halogens is 2. The van der Waals surface area contributed by atoms with Crippen LogP contribution in [0.3, 0.4) is 0 Å². The summed E-state index contributed by atoms with van der Waals surface area (Å²) in [6, 6.07) is 6.72. The van der Waals surface area contributed by atoms with Gasteiger partial charge < -0.3 is 16.4 Å². The Kier molecular flexibility index (Phi) is 5.59. The van der Waals surface area contributed by atoms with Gasteiger partial charge in [-0.15, -0.1) is 0 Å². The summed E-state index contributed by atoms with van der Waals surface area (Å²) in [5.74, 6) is -1.60. The maximum absolute atomic E-state index is 14.3. The molecule has 3 rings (SSSR count). The van der Waals surface area contributed by atoms with Crippen molar-refractivity contribution in [1.29, 1.82) is 0 Å². The Hall–Kier alpha value is -2.96. The van der Waals surface area contributed by atoms with Crippen molar-refractivity contribution in [3.63, 3.8) is 0 Å². The molecule has 1 heterocycles. The molecule has 0 aromatic heterocycles. The largest absolute Gasteiger partial charge is 0.370 e. The summed E-state index contributed by atoms with van der Waals surface area (Å²) in [5, 5.41) is 0. The Morgan fingerprint density at radius 2 is 1.77 bits per heavy atom. The van der Waals surface area contributed by atoms with E-state index in [4.69, 9.17) is 11.5 Å². The number of urea groups is 1. The van der Waals surface area contributed by atoms with E-state index in [1.807, 2.05) is 13.0 Å². The Balaban J connectivity index is 0.00000243. The topological polar surface area (TPSA) is 84.7 Å². The van der Waals surface area contributed by atoms with Crippen LogP contribution in [-0.2, 0) is 13.0 Å². The van der Waals surface area contributed by atoms with Crippen molar-refractivity contribution < 1.29 is 13.6 Å². The third kappa shape index (κ3) is 3.51. The predicted molar refractivity (Wildman–Crippen MR) is 98.6 cm³/mol. The van der Waals surface area contributed by atoms with Gasteiger partial charge in [0.2, 0.25) is 0 Å². The van der Waals surface area contributed by atoms with Crippen LogP contribution in [0.5, 0.6) is 0 Å². The van der Waals surface area contributed by atoms with Gasteiger partial charge in [0.15, 0.2) is 5.96 Å². The highest BCUT2D eigenvalue weighted by Gasteiger charge is 2.26. The number of aliphatic imine (C=N–C) groups is 1. The van der Waals surface area contributed by atoms with Crippen LogP contribution in [0.1, 0.15) is 24.1 Å². The summed E-state index contributed by atoms with van der Waals surface area (Å²) >= 11 is 0. The second-order valence-corrected chi connectivity index (χ2v) is 5.97. The van der Waals surface area contributed by atoms with Crippen molar-refractivity contribution in [3.05, 3.63) is 58.7 Å². The highest BCUT2D eigenvalue weighted by Crippen LogP contribution is 2.35. The fraction of sp³-hybridized carbons (Fsp3) is 0.263. The van der Waals surface area contributed by atoms with E-state index in [1.165, 1.54) is 23.1 Å². The number of carbonyl (C=O) groups excluding carboxylic acids is 1. The Morgan fingerprint density at radius 3 is 2.38 bits per heavy atom. The molecule has 2 amide bonds. The fourth-order valence-electron chi connectivity index (χ4n) is 3.19. The van der Waals surface area contributed by atoms with Gasteiger partial charge in [-0.05, 0) is 47.7 Å². The molecule has 0 radical (unpaired) electrons. The quantitative estimate of drug-likeness (QED) is 0.604. The first kappa shape index (κ1) is 19.4. The van der Waals surface area contributed by atoms with Crippen LogP contribution >= 0.6 is 0 Å². The van der Waals surface area contributed by atoms with Crippen LogP contribution in [0.15, 0.2) is 35.3 Å². The van der Waals surface area contributed by atoms with Gasteiger partial charge in [0.25, 0.3) is 0 Å². The SMILES string of the molecule is C.Cc1ccc(-c2c(F)cccc2F)c2c1CCN(C(=O)N=C(N)N)C2. The molecular weight excluding hydrogens is 338 g/mol. The van der Waals surface area contributed by atoms with E-state index < -0.39 is 17.7 Å². The van der Waals surface area contributed by atoms with E-state index in [-0.39, 0.29) is 25.5 Å². The zero-order valence-electron chi connectivity index (χ0n) is 13.7. The van der Waals surface area contributed by atoms with E-state index in [0.29, 0.717) is 18.5 Å². The van der Waals surface area contributed by atoms with Crippen molar-refractivity contribution >= 4 is 12.0 Å². The number of hydrogen-bond donors (Lipinski definition) is 2. The maximum Gasteiger partial charge on any atom is 0.347 e. The zero-order valence-corrected chi connectivity index (χ0v) is 13.7. The van der Waals surface area contributed by atoms with Crippen molar-refractivity contribution in [2.24, 2.45) is 16.5 Å². The number of fused-ring (bicyclic) bond motifs is 1. The van der Waals surface area contributed by atoms with Gasteiger partial charge in [0.05, 0.1) is 5.56 Å². The first-order valence-electron chi connectivity index (χ1n) is 7.82. The number of hydrogen-bond acceptors (Lipinski definition) is 1. The molecule has 0 aliphatic carbocycles. The molecule has 5 nitrogen and oxygen atoms in total. The van der Waals surface area contributed by atoms with Crippen molar-refractivity contribution in [2.75, 3.05) is 6.54 Å².